The Kier molecular flexibility index (Phi) is 7.57. The molecular formula is C30H25N3O4S. The number of allylic oxidation sites excluding steroid dienone is 1. The molecule has 2 heterocycles. The van der Waals surface area contributed by atoms with Crippen LogP contribution >= 0.6 is 11.8 Å². The van der Waals surface area contributed by atoms with Crippen molar-refractivity contribution >= 4 is 51.9 Å². The average molecular weight is 524 g/mol. The van der Waals surface area contributed by atoms with E-state index in [1.807, 2.05) is 54.6 Å². The molecule has 2 aromatic heterocycles. The number of para-hydroxylation sites is 2. The molecule has 190 valence electrons. The van der Waals surface area contributed by atoms with Crippen LogP contribution < -0.4 is 5.32 Å². The van der Waals surface area contributed by atoms with Gasteiger partial charge in [-0.2, -0.15) is 5.26 Å². The van der Waals surface area contributed by atoms with Gasteiger partial charge in [-0.25, -0.2) is 9.78 Å². The van der Waals surface area contributed by atoms with E-state index in [1.54, 1.807) is 18.4 Å². The Morgan fingerprint density at radius 1 is 1.16 bits per heavy atom. The molecule has 1 atom stereocenters. The Hall–Kier alpha value is -4.35. The molecule has 38 heavy (non-hydrogen) atoms. The van der Waals surface area contributed by atoms with Gasteiger partial charge in [0.25, 0.3) is 5.91 Å². The monoisotopic (exact) mass is 523 g/mol. The zero-order valence-corrected chi connectivity index (χ0v) is 21.6. The molecule has 1 amide bonds. The molecule has 4 aromatic rings. The van der Waals surface area contributed by atoms with Gasteiger partial charge in [0.15, 0.2) is 6.61 Å². The first-order valence-electron chi connectivity index (χ1n) is 12.2. The van der Waals surface area contributed by atoms with Crippen molar-refractivity contribution < 1.29 is 18.7 Å². The van der Waals surface area contributed by atoms with E-state index in [4.69, 9.17) is 19.4 Å². The van der Waals surface area contributed by atoms with Crippen LogP contribution in [-0.4, -0.2) is 29.2 Å². The van der Waals surface area contributed by atoms with E-state index >= 15 is 0 Å². The number of ether oxygens (including phenoxy) is 1. The normalized spacial score (nSPS) is 15.6. The van der Waals surface area contributed by atoms with Crippen molar-refractivity contribution in [3.05, 3.63) is 89.5 Å². The number of furan rings is 1. The molecule has 1 aliphatic rings. The number of amides is 1. The average Bonchev–Trinajstić information content (AvgIpc) is 3.43. The van der Waals surface area contributed by atoms with Crippen LogP contribution in [0.15, 0.2) is 76.2 Å². The van der Waals surface area contributed by atoms with Gasteiger partial charge in [-0.1, -0.05) is 37.3 Å². The van der Waals surface area contributed by atoms with Gasteiger partial charge in [-0.3, -0.25) is 4.79 Å². The van der Waals surface area contributed by atoms with Crippen molar-refractivity contribution in [2.75, 3.05) is 17.7 Å². The van der Waals surface area contributed by atoms with E-state index in [1.165, 1.54) is 11.8 Å². The van der Waals surface area contributed by atoms with Crippen LogP contribution in [0.1, 0.15) is 40.7 Å². The van der Waals surface area contributed by atoms with Gasteiger partial charge >= 0.3 is 5.97 Å². The van der Waals surface area contributed by atoms with Gasteiger partial charge in [0.1, 0.15) is 5.76 Å². The molecule has 1 N–H and O–H groups in total. The summed E-state index contributed by atoms with van der Waals surface area (Å²) in [5, 5.41) is 12.4. The summed E-state index contributed by atoms with van der Waals surface area (Å²) < 4.78 is 11.1. The maximum absolute atomic E-state index is 13.5. The van der Waals surface area contributed by atoms with Crippen molar-refractivity contribution in [2.24, 2.45) is 5.92 Å². The fraction of sp³-hybridized carbons (Fsp3) is 0.200. The van der Waals surface area contributed by atoms with E-state index in [0.29, 0.717) is 28.6 Å². The third-order valence-electron chi connectivity index (χ3n) is 6.27. The number of benzene rings is 2. The highest BCUT2D eigenvalue weighted by Gasteiger charge is 2.29. The second-order valence-corrected chi connectivity index (χ2v) is 10.1. The number of pyridine rings is 1. The van der Waals surface area contributed by atoms with Crippen molar-refractivity contribution in [3.63, 3.8) is 0 Å². The zero-order valence-electron chi connectivity index (χ0n) is 20.8. The number of esters is 1. The summed E-state index contributed by atoms with van der Waals surface area (Å²) in [6.07, 6.45) is 5.07. The Morgan fingerprint density at radius 3 is 2.79 bits per heavy atom. The van der Waals surface area contributed by atoms with Crippen LogP contribution in [0, 0.1) is 17.2 Å². The first-order chi connectivity index (χ1) is 18.5. The molecule has 2 aromatic carbocycles. The maximum atomic E-state index is 13.5. The lowest BCUT2D eigenvalue weighted by atomic mass is 9.81. The summed E-state index contributed by atoms with van der Waals surface area (Å²) in [6.45, 7) is 1.70. The molecule has 0 bridgehead atoms. The van der Waals surface area contributed by atoms with Gasteiger partial charge in [0.2, 0.25) is 0 Å². The number of fused-ring (bicyclic) bond motifs is 2. The molecule has 0 fully saturated rings. The fourth-order valence-corrected chi connectivity index (χ4v) is 5.38. The topological polar surface area (TPSA) is 105 Å². The number of thioether (sulfide) groups is 1. The highest BCUT2D eigenvalue weighted by atomic mass is 32.2. The van der Waals surface area contributed by atoms with Crippen LogP contribution in [0.5, 0.6) is 0 Å². The lowest BCUT2D eigenvalue weighted by molar-refractivity contribution is -0.119. The molecule has 0 saturated heterocycles. The Labute approximate surface area is 224 Å². The number of aromatic nitrogens is 1. The number of nitriles is 1. The molecule has 7 nitrogen and oxygen atoms in total. The van der Waals surface area contributed by atoms with Gasteiger partial charge < -0.3 is 14.5 Å². The van der Waals surface area contributed by atoms with Gasteiger partial charge in [0, 0.05) is 10.3 Å². The van der Waals surface area contributed by atoms with Crippen molar-refractivity contribution in [2.45, 2.75) is 24.7 Å². The molecule has 0 saturated carbocycles. The van der Waals surface area contributed by atoms with E-state index in [0.717, 1.165) is 33.9 Å². The van der Waals surface area contributed by atoms with Crippen LogP contribution in [0.4, 0.5) is 5.69 Å². The molecular weight excluding hydrogens is 498 g/mol. The third-order valence-corrected chi connectivity index (χ3v) is 7.21. The summed E-state index contributed by atoms with van der Waals surface area (Å²) in [4.78, 5) is 31.9. The first kappa shape index (κ1) is 25.3. The number of rotatable bonds is 7. The zero-order chi connectivity index (χ0) is 26.5. The molecule has 0 radical (unpaired) electrons. The summed E-state index contributed by atoms with van der Waals surface area (Å²) in [6, 6.07) is 20.5. The fourth-order valence-electron chi connectivity index (χ4n) is 4.71. The Morgan fingerprint density at radius 2 is 1.97 bits per heavy atom. The number of nitrogens with zero attached hydrogens (tertiary/aromatic N) is 2. The van der Waals surface area contributed by atoms with Crippen LogP contribution in [-0.2, 0) is 16.0 Å². The van der Waals surface area contributed by atoms with Crippen molar-refractivity contribution in [1.82, 2.24) is 4.98 Å². The van der Waals surface area contributed by atoms with E-state index < -0.39 is 18.5 Å². The maximum Gasteiger partial charge on any atom is 0.339 e. The molecule has 5 rings (SSSR count). The highest BCUT2D eigenvalue weighted by molar-refractivity contribution is 7.99. The summed E-state index contributed by atoms with van der Waals surface area (Å²) in [7, 11) is 0. The number of nitrogens with one attached hydrogen (secondary N) is 1. The summed E-state index contributed by atoms with van der Waals surface area (Å²) >= 11 is 1.33. The molecule has 0 unspecified atom stereocenters. The molecule has 1 aliphatic carbocycles. The predicted molar refractivity (Wildman–Crippen MR) is 147 cm³/mol. The van der Waals surface area contributed by atoms with Gasteiger partial charge in [-0.15, -0.1) is 11.8 Å². The summed E-state index contributed by atoms with van der Waals surface area (Å²) in [5.74, 6) is 0.251. The number of hydrogen-bond acceptors (Lipinski definition) is 7. The Balaban J connectivity index is 1.43. The second-order valence-electron chi connectivity index (χ2n) is 9.10. The number of carbonyl (C=O) groups is 2. The van der Waals surface area contributed by atoms with Gasteiger partial charge in [0.05, 0.1) is 40.5 Å². The lowest BCUT2D eigenvalue weighted by Crippen LogP contribution is -2.23. The van der Waals surface area contributed by atoms with E-state index in [-0.39, 0.29) is 11.7 Å². The molecule has 0 spiro atoms. The Bertz CT molecular complexity index is 1570. The quantitative estimate of drug-likeness (QED) is 0.222. The number of anilines is 1. The largest absolute Gasteiger partial charge is 0.465 e. The smallest absolute Gasteiger partial charge is 0.339 e. The standard InChI is InChI=1S/C30H25N3O4S/c1-19-15-20(17-21-7-6-13-36-21)29-23(16-19)28(22-8-2-3-9-24(22)33-29)30(35)37-18-27(34)32-25-10-4-5-11-26(25)38-14-12-31/h2-11,13,17,19H,14-16,18H2,1H3,(H,32,34)/b20-17-/t19-/m1/s1. The van der Waals surface area contributed by atoms with Crippen LogP contribution in [0.2, 0.25) is 0 Å². The molecule has 8 heteroatoms. The minimum atomic E-state index is -0.561. The third kappa shape index (κ3) is 5.48. The number of carbonyl (C=O) groups excluding carboxylic acids is 2. The van der Waals surface area contributed by atoms with Crippen molar-refractivity contribution in [1.29, 1.82) is 5.26 Å². The first-order valence-corrected chi connectivity index (χ1v) is 13.2. The lowest BCUT2D eigenvalue weighted by Gasteiger charge is -2.26. The van der Waals surface area contributed by atoms with Crippen LogP contribution in [0.3, 0.4) is 0 Å². The highest BCUT2D eigenvalue weighted by Crippen LogP contribution is 2.38. The number of hydrogen-bond donors (Lipinski definition) is 1. The van der Waals surface area contributed by atoms with E-state index in [2.05, 4.69) is 18.3 Å². The minimum Gasteiger partial charge on any atom is -0.465 e. The van der Waals surface area contributed by atoms with E-state index in [9.17, 15) is 9.59 Å². The van der Waals surface area contributed by atoms with Crippen molar-refractivity contribution in [3.8, 4) is 6.07 Å². The van der Waals surface area contributed by atoms with Crippen LogP contribution in [0.25, 0.3) is 22.6 Å². The second kappa shape index (κ2) is 11.4. The summed E-state index contributed by atoms with van der Waals surface area (Å²) in [5.41, 5.74) is 4.29. The minimum absolute atomic E-state index is 0.261. The van der Waals surface area contributed by atoms with Gasteiger partial charge in [-0.05, 0) is 66.3 Å². The predicted octanol–water partition coefficient (Wildman–Crippen LogP) is 6.36. The SMILES string of the molecule is C[C@@H]1C/C(=C/c2ccco2)c2nc3ccccc3c(C(=O)OCC(=O)Nc3ccccc3SCC#N)c2C1. The molecule has 0 aliphatic heterocycles.